The lowest BCUT2D eigenvalue weighted by Crippen LogP contribution is -2.15. The van der Waals surface area contributed by atoms with Crippen LogP contribution < -0.4 is 5.32 Å². The fraction of sp³-hybridized carbons (Fsp3) is 0.0909. The minimum Gasteiger partial charge on any atom is -0.324 e. The lowest BCUT2D eigenvalue weighted by Gasteiger charge is -2.11. The number of nitrogens with one attached hydrogen (secondary N) is 1. The van der Waals surface area contributed by atoms with Crippen molar-refractivity contribution in [2.45, 2.75) is 12.1 Å². The molecule has 0 unspecified atom stereocenters. The molecular weight excluding hydrogens is 462 g/mol. The van der Waals surface area contributed by atoms with Crippen molar-refractivity contribution in [2.24, 2.45) is 0 Å². The monoisotopic (exact) mass is 479 g/mol. The van der Waals surface area contributed by atoms with Crippen LogP contribution in [0, 0.1) is 6.92 Å². The van der Waals surface area contributed by atoms with E-state index in [1.54, 1.807) is 12.4 Å². The summed E-state index contributed by atoms with van der Waals surface area (Å²) in [5.74, 6) is 0.770. The summed E-state index contributed by atoms with van der Waals surface area (Å²) in [6.45, 7) is 2.00. The van der Waals surface area contributed by atoms with E-state index in [2.05, 4.69) is 36.4 Å². The van der Waals surface area contributed by atoms with Gasteiger partial charge in [-0.3, -0.25) is 14.3 Å². The molecule has 2 aromatic heterocycles. The normalized spacial score (nSPS) is 10.7. The highest BCUT2D eigenvalue weighted by Gasteiger charge is 2.17. The smallest absolute Gasteiger partial charge is 0.234 e. The summed E-state index contributed by atoms with van der Waals surface area (Å²) in [6.07, 6.45) is 3.47. The quantitative estimate of drug-likeness (QED) is 0.388. The Labute approximate surface area is 186 Å². The number of rotatable bonds is 6. The molecule has 0 fully saturated rings. The highest BCUT2D eigenvalue weighted by Crippen LogP contribution is 2.28. The molecule has 0 saturated heterocycles. The molecule has 4 rings (SSSR count). The summed E-state index contributed by atoms with van der Waals surface area (Å²) in [6, 6.07) is 19.4. The lowest BCUT2D eigenvalue weighted by atomic mass is 10.2. The van der Waals surface area contributed by atoms with Crippen LogP contribution in [0.5, 0.6) is 0 Å². The van der Waals surface area contributed by atoms with E-state index in [9.17, 15) is 4.79 Å². The Balaban J connectivity index is 1.57. The summed E-state index contributed by atoms with van der Waals surface area (Å²) < 4.78 is 2.80. The number of hydrogen-bond donors (Lipinski definition) is 1. The molecule has 2 heterocycles. The van der Waals surface area contributed by atoms with Crippen molar-refractivity contribution in [3.63, 3.8) is 0 Å². The number of pyridine rings is 1. The third-order valence-corrected chi connectivity index (χ3v) is 5.88. The van der Waals surface area contributed by atoms with E-state index in [4.69, 9.17) is 0 Å². The van der Waals surface area contributed by atoms with Crippen molar-refractivity contribution < 1.29 is 4.79 Å². The molecule has 1 N–H and O–H groups in total. The number of carbonyl (C=O) groups is 1. The number of amides is 1. The number of carbonyl (C=O) groups excluding carboxylic acids is 1. The zero-order valence-electron chi connectivity index (χ0n) is 16.1. The van der Waals surface area contributed by atoms with Gasteiger partial charge in [-0.1, -0.05) is 36.0 Å². The van der Waals surface area contributed by atoms with Gasteiger partial charge >= 0.3 is 0 Å². The van der Waals surface area contributed by atoms with Gasteiger partial charge in [-0.05, 0) is 64.8 Å². The molecule has 0 radical (unpaired) electrons. The number of aryl methyl sites for hydroxylation is 1. The number of aromatic nitrogens is 4. The minimum atomic E-state index is -0.116. The molecule has 0 aliphatic heterocycles. The first-order valence-corrected chi connectivity index (χ1v) is 11.0. The van der Waals surface area contributed by atoms with Crippen LogP contribution in [0.1, 0.15) is 5.56 Å². The molecule has 0 atom stereocenters. The number of benzene rings is 2. The van der Waals surface area contributed by atoms with E-state index in [1.165, 1.54) is 11.8 Å². The van der Waals surface area contributed by atoms with E-state index in [1.807, 2.05) is 72.2 Å². The Morgan fingerprint density at radius 3 is 2.67 bits per heavy atom. The fourth-order valence-electron chi connectivity index (χ4n) is 2.89. The molecule has 4 aromatic rings. The van der Waals surface area contributed by atoms with E-state index in [0.717, 1.165) is 27.0 Å². The summed E-state index contributed by atoms with van der Waals surface area (Å²) in [4.78, 5) is 16.7. The molecule has 0 aliphatic rings. The maximum atomic E-state index is 12.5. The SMILES string of the molecule is Cc1ccc(NC(=O)CSc2nnc(-c3cccnc3)n2-c2ccccc2)c(Br)c1. The molecule has 6 nitrogen and oxygen atoms in total. The highest BCUT2D eigenvalue weighted by atomic mass is 79.9. The van der Waals surface area contributed by atoms with Gasteiger partial charge in [-0.15, -0.1) is 10.2 Å². The molecule has 0 saturated carbocycles. The van der Waals surface area contributed by atoms with Gasteiger partial charge in [-0.2, -0.15) is 0 Å². The van der Waals surface area contributed by atoms with Gasteiger partial charge in [0.1, 0.15) is 0 Å². The van der Waals surface area contributed by atoms with Crippen molar-refractivity contribution in [3.8, 4) is 17.1 Å². The van der Waals surface area contributed by atoms with Gasteiger partial charge in [0.2, 0.25) is 5.91 Å². The third-order valence-electron chi connectivity index (χ3n) is 4.30. The molecule has 0 spiro atoms. The van der Waals surface area contributed by atoms with Crippen molar-refractivity contribution in [1.29, 1.82) is 0 Å². The molecule has 8 heteroatoms. The van der Waals surface area contributed by atoms with Crippen molar-refractivity contribution in [1.82, 2.24) is 19.7 Å². The Morgan fingerprint density at radius 2 is 1.93 bits per heavy atom. The van der Waals surface area contributed by atoms with E-state index in [-0.39, 0.29) is 11.7 Å². The van der Waals surface area contributed by atoms with E-state index >= 15 is 0 Å². The summed E-state index contributed by atoms with van der Waals surface area (Å²) in [5.41, 5.74) is 3.64. The van der Waals surface area contributed by atoms with Crippen LogP contribution in [0.3, 0.4) is 0 Å². The Morgan fingerprint density at radius 1 is 1.10 bits per heavy atom. The highest BCUT2D eigenvalue weighted by molar-refractivity contribution is 9.10. The molecule has 150 valence electrons. The van der Waals surface area contributed by atoms with Crippen LogP contribution in [0.4, 0.5) is 5.69 Å². The van der Waals surface area contributed by atoms with Crippen molar-refractivity contribution >= 4 is 39.3 Å². The van der Waals surface area contributed by atoms with Gasteiger partial charge in [0.05, 0.1) is 11.4 Å². The van der Waals surface area contributed by atoms with Crippen LogP contribution in [0.25, 0.3) is 17.1 Å². The number of para-hydroxylation sites is 1. The predicted molar refractivity (Wildman–Crippen MR) is 123 cm³/mol. The number of halogens is 1. The largest absolute Gasteiger partial charge is 0.324 e. The topological polar surface area (TPSA) is 72.7 Å². The van der Waals surface area contributed by atoms with Crippen LogP contribution in [0.2, 0.25) is 0 Å². The standard InChI is InChI=1S/C22H18BrN5OS/c1-15-9-10-19(18(23)12-15)25-20(29)14-30-22-27-26-21(16-6-5-11-24-13-16)28(22)17-7-3-2-4-8-17/h2-13H,14H2,1H3,(H,25,29). The maximum Gasteiger partial charge on any atom is 0.234 e. The van der Waals surface area contributed by atoms with E-state index in [0.29, 0.717) is 11.0 Å². The number of anilines is 1. The molecule has 0 bridgehead atoms. The van der Waals surface area contributed by atoms with Gasteiger partial charge in [0, 0.05) is 28.1 Å². The van der Waals surface area contributed by atoms with Gasteiger partial charge in [0.15, 0.2) is 11.0 Å². The van der Waals surface area contributed by atoms with Crippen molar-refractivity contribution in [2.75, 3.05) is 11.1 Å². The van der Waals surface area contributed by atoms with Crippen molar-refractivity contribution in [3.05, 3.63) is 83.1 Å². The number of hydrogen-bond acceptors (Lipinski definition) is 5. The molecule has 0 aliphatic carbocycles. The third kappa shape index (κ3) is 4.60. The molecule has 1 amide bonds. The number of nitrogens with zero attached hydrogens (tertiary/aromatic N) is 4. The second-order valence-corrected chi connectivity index (χ2v) is 8.34. The summed E-state index contributed by atoms with van der Waals surface area (Å²) in [5, 5.41) is 12.3. The second-order valence-electron chi connectivity index (χ2n) is 6.54. The Bertz CT molecular complexity index is 1160. The Hall–Kier alpha value is -2.97. The van der Waals surface area contributed by atoms with Crippen LogP contribution in [-0.4, -0.2) is 31.4 Å². The summed E-state index contributed by atoms with van der Waals surface area (Å²) >= 11 is 4.82. The lowest BCUT2D eigenvalue weighted by molar-refractivity contribution is -0.113. The first kappa shape index (κ1) is 20.3. The molecular formula is C22H18BrN5OS. The van der Waals surface area contributed by atoms with E-state index < -0.39 is 0 Å². The van der Waals surface area contributed by atoms with Gasteiger partial charge in [-0.25, -0.2) is 0 Å². The minimum absolute atomic E-state index is 0.116. The first-order valence-electron chi connectivity index (χ1n) is 9.22. The predicted octanol–water partition coefficient (Wildman–Crippen LogP) is 5.13. The zero-order valence-corrected chi connectivity index (χ0v) is 18.5. The first-order chi connectivity index (χ1) is 14.6. The van der Waals surface area contributed by atoms with Crippen LogP contribution in [0.15, 0.2) is 82.7 Å². The van der Waals surface area contributed by atoms with Gasteiger partial charge in [0.25, 0.3) is 0 Å². The summed E-state index contributed by atoms with van der Waals surface area (Å²) in [7, 11) is 0. The average Bonchev–Trinajstić information content (AvgIpc) is 3.19. The fourth-order valence-corrected chi connectivity index (χ4v) is 4.24. The zero-order chi connectivity index (χ0) is 20.9. The van der Waals surface area contributed by atoms with Crippen LogP contribution >= 0.6 is 27.7 Å². The van der Waals surface area contributed by atoms with Gasteiger partial charge < -0.3 is 5.32 Å². The van der Waals surface area contributed by atoms with Crippen LogP contribution in [-0.2, 0) is 4.79 Å². The molecule has 30 heavy (non-hydrogen) atoms. The Kier molecular flexibility index (Phi) is 6.25. The number of thioether (sulfide) groups is 1. The molecule has 2 aromatic carbocycles. The average molecular weight is 480 g/mol. The second kappa shape index (κ2) is 9.23. The maximum absolute atomic E-state index is 12.5.